The van der Waals surface area contributed by atoms with Gasteiger partial charge in [-0.2, -0.15) is 0 Å². The van der Waals surface area contributed by atoms with Crippen LogP contribution in [0.1, 0.15) is 61.0 Å². The summed E-state index contributed by atoms with van der Waals surface area (Å²) in [5.41, 5.74) is 2.08. The minimum absolute atomic E-state index is 0.00207. The summed E-state index contributed by atoms with van der Waals surface area (Å²) in [6.07, 6.45) is 0. The van der Waals surface area contributed by atoms with Crippen LogP contribution >= 0.6 is 0 Å². The van der Waals surface area contributed by atoms with Crippen molar-refractivity contribution in [3.63, 3.8) is 0 Å². The quantitative estimate of drug-likeness (QED) is 0.777. The number of aromatic hydroxyl groups is 1. The fourth-order valence-electron chi connectivity index (χ4n) is 2.48. The second-order valence-corrected chi connectivity index (χ2v) is 6.25. The van der Waals surface area contributed by atoms with Gasteiger partial charge in [-0.25, -0.2) is 4.39 Å². The van der Waals surface area contributed by atoms with Gasteiger partial charge in [0, 0.05) is 5.69 Å². The maximum absolute atomic E-state index is 13.7. The molecule has 0 aliphatic carbocycles. The monoisotopic (exact) mass is 315 g/mol. The summed E-state index contributed by atoms with van der Waals surface area (Å²) in [6, 6.07) is 9.34. The van der Waals surface area contributed by atoms with Crippen molar-refractivity contribution in [2.75, 3.05) is 5.32 Å². The summed E-state index contributed by atoms with van der Waals surface area (Å²) < 4.78 is 13.7. The molecule has 0 fully saturated rings. The molecule has 0 radical (unpaired) electrons. The molecular formula is C19H22FNO2. The van der Waals surface area contributed by atoms with Gasteiger partial charge in [0.15, 0.2) is 0 Å². The fraction of sp³-hybridized carbons (Fsp3) is 0.316. The zero-order valence-corrected chi connectivity index (χ0v) is 13.9. The summed E-state index contributed by atoms with van der Waals surface area (Å²) in [6.45, 7) is 7.90. The highest BCUT2D eigenvalue weighted by Crippen LogP contribution is 2.36. The third-order valence-corrected chi connectivity index (χ3v) is 3.79. The van der Waals surface area contributed by atoms with Gasteiger partial charge in [-0.05, 0) is 47.2 Å². The number of hydrogen-bond donors (Lipinski definition) is 2. The predicted molar refractivity (Wildman–Crippen MR) is 90.6 cm³/mol. The zero-order chi connectivity index (χ0) is 17.1. The summed E-state index contributed by atoms with van der Waals surface area (Å²) in [5.74, 6) is -0.579. The number of rotatable bonds is 4. The Hall–Kier alpha value is -2.36. The number of phenolic OH excluding ortho intramolecular Hbond substituents is 1. The molecular weight excluding hydrogens is 293 g/mol. The molecule has 2 rings (SSSR count). The topological polar surface area (TPSA) is 49.3 Å². The highest BCUT2D eigenvalue weighted by Gasteiger charge is 2.17. The van der Waals surface area contributed by atoms with Crippen LogP contribution in [-0.2, 0) is 0 Å². The molecule has 0 spiro atoms. The Labute approximate surface area is 136 Å². The smallest absolute Gasteiger partial charge is 0.258 e. The summed E-state index contributed by atoms with van der Waals surface area (Å²) in [4.78, 5) is 12.3. The first-order chi connectivity index (χ1) is 10.8. The van der Waals surface area contributed by atoms with E-state index in [1.54, 1.807) is 24.3 Å². The van der Waals surface area contributed by atoms with Crippen LogP contribution in [0.15, 0.2) is 36.4 Å². The van der Waals surface area contributed by atoms with Crippen LogP contribution in [0.5, 0.6) is 5.75 Å². The molecule has 0 saturated carbocycles. The largest absolute Gasteiger partial charge is 0.507 e. The van der Waals surface area contributed by atoms with Gasteiger partial charge in [-0.1, -0.05) is 39.8 Å². The SMILES string of the molecule is CC(C)c1cc(NC(=O)c2ccccc2F)cc(C(C)C)c1O. The molecule has 122 valence electrons. The third kappa shape index (κ3) is 3.70. The number of carbonyl (C=O) groups excluding carboxylic acids is 1. The Morgan fingerprint density at radius 2 is 1.57 bits per heavy atom. The van der Waals surface area contributed by atoms with E-state index in [9.17, 15) is 14.3 Å². The highest BCUT2D eigenvalue weighted by molar-refractivity contribution is 6.04. The lowest BCUT2D eigenvalue weighted by Gasteiger charge is -2.18. The molecule has 3 nitrogen and oxygen atoms in total. The number of amides is 1. The van der Waals surface area contributed by atoms with Crippen molar-refractivity contribution in [3.05, 3.63) is 58.9 Å². The predicted octanol–water partition coefficient (Wildman–Crippen LogP) is 5.03. The molecule has 2 N–H and O–H groups in total. The number of halogens is 1. The molecule has 0 saturated heterocycles. The van der Waals surface area contributed by atoms with Crippen LogP contribution in [0.25, 0.3) is 0 Å². The number of nitrogens with one attached hydrogen (secondary N) is 1. The number of benzene rings is 2. The maximum Gasteiger partial charge on any atom is 0.258 e. The summed E-state index contributed by atoms with van der Waals surface area (Å²) in [5, 5.41) is 13.1. The molecule has 2 aromatic rings. The van der Waals surface area contributed by atoms with Crippen molar-refractivity contribution in [2.45, 2.75) is 39.5 Å². The van der Waals surface area contributed by atoms with Crippen molar-refractivity contribution in [1.82, 2.24) is 0 Å². The molecule has 23 heavy (non-hydrogen) atoms. The van der Waals surface area contributed by atoms with Crippen LogP contribution in [0.3, 0.4) is 0 Å². The lowest BCUT2D eigenvalue weighted by Crippen LogP contribution is -2.14. The van der Waals surface area contributed by atoms with E-state index in [2.05, 4.69) is 5.32 Å². The van der Waals surface area contributed by atoms with Crippen LogP contribution < -0.4 is 5.32 Å². The first kappa shape index (κ1) is 17.0. The van der Waals surface area contributed by atoms with Crippen LogP contribution in [0.4, 0.5) is 10.1 Å². The minimum Gasteiger partial charge on any atom is -0.507 e. The lowest BCUT2D eigenvalue weighted by molar-refractivity contribution is 0.102. The standard InChI is InChI=1S/C19H22FNO2/c1-11(2)15-9-13(10-16(12(3)4)18(15)22)21-19(23)14-7-5-6-8-17(14)20/h5-12,22H,1-4H3,(H,21,23). The molecule has 0 bridgehead atoms. The zero-order valence-electron chi connectivity index (χ0n) is 13.9. The van der Waals surface area contributed by atoms with Crippen molar-refractivity contribution >= 4 is 11.6 Å². The molecule has 0 unspecified atom stereocenters. The summed E-state index contributed by atoms with van der Waals surface area (Å²) in [7, 11) is 0. The van der Waals surface area contributed by atoms with E-state index in [-0.39, 0.29) is 23.1 Å². The van der Waals surface area contributed by atoms with E-state index >= 15 is 0 Å². The van der Waals surface area contributed by atoms with Crippen molar-refractivity contribution < 1.29 is 14.3 Å². The Bertz CT molecular complexity index is 694. The van der Waals surface area contributed by atoms with Gasteiger partial charge in [0.1, 0.15) is 11.6 Å². The van der Waals surface area contributed by atoms with Gasteiger partial charge >= 0.3 is 0 Å². The van der Waals surface area contributed by atoms with E-state index in [0.717, 1.165) is 11.1 Å². The van der Waals surface area contributed by atoms with Gasteiger partial charge in [-0.15, -0.1) is 0 Å². The van der Waals surface area contributed by atoms with Crippen LogP contribution in [0.2, 0.25) is 0 Å². The van der Waals surface area contributed by atoms with E-state index in [1.165, 1.54) is 12.1 Å². The van der Waals surface area contributed by atoms with Gasteiger partial charge < -0.3 is 10.4 Å². The summed E-state index contributed by atoms with van der Waals surface area (Å²) >= 11 is 0. The Morgan fingerprint density at radius 1 is 1.04 bits per heavy atom. The number of hydrogen-bond acceptors (Lipinski definition) is 2. The van der Waals surface area contributed by atoms with E-state index in [4.69, 9.17) is 0 Å². The highest BCUT2D eigenvalue weighted by atomic mass is 19.1. The number of carbonyl (C=O) groups is 1. The Morgan fingerprint density at radius 3 is 2.04 bits per heavy atom. The van der Waals surface area contributed by atoms with Crippen molar-refractivity contribution in [3.8, 4) is 5.75 Å². The fourth-order valence-corrected chi connectivity index (χ4v) is 2.48. The lowest BCUT2D eigenvalue weighted by atomic mass is 9.93. The second-order valence-electron chi connectivity index (χ2n) is 6.25. The van der Waals surface area contributed by atoms with Gasteiger partial charge in [0.25, 0.3) is 5.91 Å². The average molecular weight is 315 g/mol. The van der Waals surface area contributed by atoms with E-state index < -0.39 is 11.7 Å². The molecule has 0 heterocycles. The molecule has 4 heteroatoms. The van der Waals surface area contributed by atoms with Crippen molar-refractivity contribution in [1.29, 1.82) is 0 Å². The molecule has 2 aromatic carbocycles. The molecule has 0 aliphatic rings. The maximum atomic E-state index is 13.7. The van der Waals surface area contributed by atoms with Crippen LogP contribution in [0, 0.1) is 5.82 Å². The normalized spacial score (nSPS) is 11.1. The average Bonchev–Trinajstić information content (AvgIpc) is 2.48. The first-order valence-electron chi connectivity index (χ1n) is 7.74. The van der Waals surface area contributed by atoms with Gasteiger partial charge in [0.05, 0.1) is 5.56 Å². The Kier molecular flexibility index (Phi) is 5.04. The number of anilines is 1. The first-order valence-corrected chi connectivity index (χ1v) is 7.74. The molecule has 0 atom stereocenters. The Balaban J connectivity index is 2.40. The molecule has 1 amide bonds. The van der Waals surface area contributed by atoms with Gasteiger partial charge in [-0.3, -0.25) is 4.79 Å². The second kappa shape index (κ2) is 6.82. The third-order valence-electron chi connectivity index (χ3n) is 3.79. The van der Waals surface area contributed by atoms with Crippen molar-refractivity contribution in [2.24, 2.45) is 0 Å². The minimum atomic E-state index is -0.558. The number of phenols is 1. The van der Waals surface area contributed by atoms with Gasteiger partial charge in [0.2, 0.25) is 0 Å². The molecule has 0 aromatic heterocycles. The van der Waals surface area contributed by atoms with E-state index in [0.29, 0.717) is 5.69 Å². The van der Waals surface area contributed by atoms with Crippen LogP contribution in [-0.4, -0.2) is 11.0 Å². The van der Waals surface area contributed by atoms with E-state index in [1.807, 2.05) is 27.7 Å². The molecule has 0 aliphatic heterocycles.